The van der Waals surface area contributed by atoms with Crippen molar-refractivity contribution in [2.24, 2.45) is 0 Å². The first-order valence-corrected chi connectivity index (χ1v) is 9.59. The van der Waals surface area contributed by atoms with Crippen molar-refractivity contribution in [2.45, 2.75) is 6.18 Å². The van der Waals surface area contributed by atoms with Gasteiger partial charge in [-0.15, -0.1) is 0 Å². The molecule has 0 spiro atoms. The number of nitro benzene ring substituents is 1. The van der Waals surface area contributed by atoms with Crippen LogP contribution in [0.15, 0.2) is 48.5 Å². The van der Waals surface area contributed by atoms with E-state index in [9.17, 15) is 32.9 Å². The number of ketones is 1. The molecule has 1 heterocycles. The van der Waals surface area contributed by atoms with Gasteiger partial charge in [0.2, 0.25) is 5.78 Å². The number of hydrogen-bond donors (Lipinski definition) is 0. The minimum absolute atomic E-state index is 0.127. The maximum Gasteiger partial charge on any atom is 0.435 e. The molecule has 7 nitrogen and oxygen atoms in total. The van der Waals surface area contributed by atoms with Gasteiger partial charge in [0.25, 0.3) is 11.6 Å². The second-order valence-corrected chi connectivity index (χ2v) is 7.59. The molecule has 0 N–H and O–H groups in total. The van der Waals surface area contributed by atoms with E-state index in [0.717, 1.165) is 29.2 Å². The summed E-state index contributed by atoms with van der Waals surface area (Å²) in [4.78, 5) is 39.0. The minimum atomic E-state index is -4.96. The van der Waals surface area contributed by atoms with Crippen LogP contribution in [0.2, 0.25) is 5.02 Å². The van der Waals surface area contributed by atoms with Gasteiger partial charge in [-0.1, -0.05) is 29.0 Å². The van der Waals surface area contributed by atoms with Crippen molar-refractivity contribution < 1.29 is 27.7 Å². The van der Waals surface area contributed by atoms with E-state index < -0.39 is 33.4 Å². The summed E-state index contributed by atoms with van der Waals surface area (Å²) >= 11 is 6.24. The number of carbonyl (C=O) groups excluding carboxylic acids is 2. The van der Waals surface area contributed by atoms with Gasteiger partial charge in [-0.25, -0.2) is 4.98 Å². The lowest BCUT2D eigenvalue weighted by molar-refractivity contribution is -0.384. The number of benzene rings is 2. The van der Waals surface area contributed by atoms with Crippen molar-refractivity contribution in [3.63, 3.8) is 0 Å². The first-order valence-electron chi connectivity index (χ1n) is 8.40. The molecule has 0 atom stereocenters. The van der Waals surface area contributed by atoms with Crippen LogP contribution in [0.1, 0.15) is 31.3 Å². The van der Waals surface area contributed by atoms with Gasteiger partial charge in [-0.3, -0.25) is 24.6 Å². The number of nitro groups is 1. The molecule has 0 saturated heterocycles. The van der Waals surface area contributed by atoms with E-state index >= 15 is 0 Å². The number of carbonyl (C=O) groups is 2. The molecule has 0 unspecified atom stereocenters. The van der Waals surface area contributed by atoms with Gasteiger partial charge in [0.15, 0.2) is 10.8 Å². The molecular formula is C19H11ClF3N3O4S. The Morgan fingerprint density at radius 1 is 1.13 bits per heavy atom. The number of nitrogens with zero attached hydrogens (tertiary/aromatic N) is 3. The van der Waals surface area contributed by atoms with Crippen LogP contribution in [0.3, 0.4) is 0 Å². The van der Waals surface area contributed by atoms with Crippen molar-refractivity contribution in [2.75, 3.05) is 11.9 Å². The quantitative estimate of drug-likeness (QED) is 0.290. The van der Waals surface area contributed by atoms with Gasteiger partial charge >= 0.3 is 6.18 Å². The van der Waals surface area contributed by atoms with Gasteiger partial charge in [0, 0.05) is 35.3 Å². The van der Waals surface area contributed by atoms with Crippen LogP contribution in [0.4, 0.5) is 24.0 Å². The molecule has 0 aliphatic rings. The number of non-ortho nitro benzene ring substituents is 1. The van der Waals surface area contributed by atoms with Gasteiger partial charge in [-0.2, -0.15) is 13.2 Å². The average molecular weight is 470 g/mol. The summed E-state index contributed by atoms with van der Waals surface area (Å²) in [7, 11) is 1.22. The number of thiazole rings is 1. The van der Waals surface area contributed by atoms with E-state index in [1.165, 1.54) is 31.3 Å². The van der Waals surface area contributed by atoms with E-state index in [-0.39, 0.29) is 27.0 Å². The van der Waals surface area contributed by atoms with Crippen LogP contribution in [0, 0.1) is 10.1 Å². The van der Waals surface area contributed by atoms with Crippen LogP contribution >= 0.6 is 22.9 Å². The minimum Gasteiger partial charge on any atom is -0.288 e. The zero-order valence-corrected chi connectivity index (χ0v) is 17.1. The predicted octanol–water partition coefficient (Wildman–Crippen LogP) is 5.23. The molecule has 0 radical (unpaired) electrons. The van der Waals surface area contributed by atoms with Crippen molar-refractivity contribution in [3.8, 4) is 0 Å². The number of amides is 1. The third kappa shape index (κ3) is 4.72. The van der Waals surface area contributed by atoms with Gasteiger partial charge in [-0.05, 0) is 30.3 Å². The molecule has 31 heavy (non-hydrogen) atoms. The monoisotopic (exact) mass is 469 g/mol. The maximum absolute atomic E-state index is 13.5. The molecule has 1 amide bonds. The Balaban J connectivity index is 2.00. The number of rotatable bonds is 5. The summed E-state index contributed by atoms with van der Waals surface area (Å²) in [6.07, 6.45) is -4.96. The number of anilines is 1. The Bertz CT molecular complexity index is 1180. The van der Waals surface area contributed by atoms with Crippen molar-refractivity contribution in [3.05, 3.63) is 85.4 Å². The highest BCUT2D eigenvalue weighted by molar-refractivity contribution is 7.18. The Morgan fingerprint density at radius 2 is 1.77 bits per heavy atom. The van der Waals surface area contributed by atoms with Gasteiger partial charge < -0.3 is 0 Å². The second kappa shape index (κ2) is 8.44. The Kier molecular flexibility index (Phi) is 6.09. The lowest BCUT2D eigenvalue weighted by Gasteiger charge is -2.13. The summed E-state index contributed by atoms with van der Waals surface area (Å²) in [6, 6.07) is 9.96. The zero-order valence-electron chi connectivity index (χ0n) is 15.5. The average Bonchev–Trinajstić information content (AvgIpc) is 3.18. The molecule has 0 fully saturated rings. The molecule has 0 aliphatic heterocycles. The van der Waals surface area contributed by atoms with Gasteiger partial charge in [0.05, 0.1) is 4.92 Å². The number of aromatic nitrogens is 1. The lowest BCUT2D eigenvalue weighted by Crippen LogP contribution is -2.26. The summed E-state index contributed by atoms with van der Waals surface area (Å²) < 4.78 is 40.6. The third-order valence-electron chi connectivity index (χ3n) is 4.09. The molecule has 160 valence electrons. The van der Waals surface area contributed by atoms with E-state index in [2.05, 4.69) is 4.98 Å². The van der Waals surface area contributed by atoms with E-state index in [0.29, 0.717) is 11.3 Å². The normalized spacial score (nSPS) is 11.3. The Morgan fingerprint density at radius 3 is 2.32 bits per heavy atom. The largest absolute Gasteiger partial charge is 0.435 e. The number of hydrogen-bond acceptors (Lipinski definition) is 6. The van der Waals surface area contributed by atoms with Crippen LogP contribution in [0.25, 0.3) is 0 Å². The first-order chi connectivity index (χ1) is 14.5. The van der Waals surface area contributed by atoms with E-state index in [4.69, 9.17) is 11.6 Å². The second-order valence-electron chi connectivity index (χ2n) is 6.18. The molecule has 3 rings (SSSR count). The highest BCUT2D eigenvalue weighted by Gasteiger charge is 2.40. The highest BCUT2D eigenvalue weighted by atomic mass is 35.5. The van der Waals surface area contributed by atoms with Crippen LogP contribution in [-0.2, 0) is 6.18 Å². The molecule has 3 aromatic rings. The molecular weight excluding hydrogens is 459 g/mol. The first kappa shape index (κ1) is 22.4. The predicted molar refractivity (Wildman–Crippen MR) is 108 cm³/mol. The Hall–Kier alpha value is -3.31. The topological polar surface area (TPSA) is 93.4 Å². The fraction of sp³-hybridized carbons (Fsp3) is 0.105. The molecule has 2 aromatic carbocycles. The smallest absolute Gasteiger partial charge is 0.288 e. The lowest BCUT2D eigenvalue weighted by atomic mass is 10.1. The number of halogens is 4. The summed E-state index contributed by atoms with van der Waals surface area (Å²) in [6.45, 7) is 0. The zero-order chi connectivity index (χ0) is 22.9. The fourth-order valence-electron chi connectivity index (χ4n) is 2.57. The fourth-order valence-corrected chi connectivity index (χ4v) is 3.76. The van der Waals surface area contributed by atoms with E-state index in [1.54, 1.807) is 0 Å². The van der Waals surface area contributed by atoms with Gasteiger partial charge in [0.1, 0.15) is 4.88 Å². The van der Waals surface area contributed by atoms with Crippen molar-refractivity contribution in [1.29, 1.82) is 0 Å². The van der Waals surface area contributed by atoms with E-state index in [1.807, 2.05) is 0 Å². The molecule has 0 bridgehead atoms. The Labute approximate surface area is 181 Å². The highest BCUT2D eigenvalue weighted by Crippen LogP contribution is 2.38. The van der Waals surface area contributed by atoms with Crippen LogP contribution in [-0.4, -0.2) is 28.6 Å². The molecule has 1 aromatic heterocycles. The SMILES string of the molecule is CN(C(=O)c1cccc(Cl)c1)c1nc(C(F)(F)F)c(C(=O)c2ccc([N+](=O)[O-])cc2)s1. The summed E-state index contributed by atoms with van der Waals surface area (Å²) in [5.41, 5.74) is -1.82. The molecule has 0 aliphatic carbocycles. The third-order valence-corrected chi connectivity index (χ3v) is 5.46. The van der Waals surface area contributed by atoms with Crippen LogP contribution < -0.4 is 4.90 Å². The summed E-state index contributed by atoms with van der Waals surface area (Å²) in [5, 5.41) is 10.7. The summed E-state index contributed by atoms with van der Waals surface area (Å²) in [5.74, 6) is -1.69. The molecule has 12 heteroatoms. The number of alkyl halides is 3. The van der Waals surface area contributed by atoms with Crippen LogP contribution in [0.5, 0.6) is 0 Å². The van der Waals surface area contributed by atoms with Crippen molar-refractivity contribution in [1.82, 2.24) is 4.98 Å². The standard InChI is InChI=1S/C19H11ClF3N3O4S/c1-25(17(28)11-3-2-4-12(20)9-11)18-24-16(19(21,22)23)15(31-18)14(27)10-5-7-13(8-6-10)26(29)30/h2-9H,1H3. The maximum atomic E-state index is 13.5. The molecule has 0 saturated carbocycles. The van der Waals surface area contributed by atoms with Crippen molar-refractivity contribution >= 4 is 45.4 Å².